The molecule has 4 aromatic heterocycles. The van der Waals surface area contributed by atoms with Crippen molar-refractivity contribution in [2.75, 3.05) is 12.5 Å². The average Bonchev–Trinajstić information content (AvgIpc) is 4.23. The molecule has 10 aromatic rings. The molecule has 0 bridgehead atoms. The minimum absolute atomic E-state index is 0.0816. The molecule has 0 aliphatic carbocycles. The number of nitrogens with zero attached hydrogens (tertiary/aromatic N) is 10. The van der Waals surface area contributed by atoms with Crippen molar-refractivity contribution >= 4 is 83.0 Å². The molecule has 10 rings (SSSR count). The highest BCUT2D eigenvalue weighted by Gasteiger charge is 2.23. The van der Waals surface area contributed by atoms with Crippen LogP contribution in [0.4, 0.5) is 0 Å². The Balaban J connectivity index is 0.000000172. The van der Waals surface area contributed by atoms with Crippen LogP contribution in [0.25, 0.3) is 33.9 Å². The molecule has 24 heteroatoms. The number of sulfone groups is 2. The summed E-state index contributed by atoms with van der Waals surface area (Å²) in [6.45, 7) is 7.66. The van der Waals surface area contributed by atoms with Gasteiger partial charge in [0.2, 0.25) is 11.6 Å². The number of hydrogen-bond donors (Lipinski definition) is 2. The van der Waals surface area contributed by atoms with E-state index in [2.05, 4.69) is 46.5 Å². The topological polar surface area (TPSA) is 240 Å². The number of rotatable bonds is 12. The van der Waals surface area contributed by atoms with E-state index in [4.69, 9.17) is 33.2 Å². The monoisotopic (exact) mass is 1190 g/mol. The number of hydrogen-bond acceptors (Lipinski definition) is 14. The molecule has 0 unspecified atom stereocenters. The Hall–Kier alpha value is -7.70. The van der Waals surface area contributed by atoms with Crippen molar-refractivity contribution in [1.29, 1.82) is 0 Å². The van der Waals surface area contributed by atoms with Crippen LogP contribution in [0.1, 0.15) is 55.1 Å². The normalized spacial score (nSPS) is 11.3. The van der Waals surface area contributed by atoms with Gasteiger partial charge in [-0.1, -0.05) is 79.9 Å². The van der Waals surface area contributed by atoms with Crippen molar-refractivity contribution < 1.29 is 36.5 Å². The highest BCUT2D eigenvalue weighted by molar-refractivity contribution is 9.10. The summed E-state index contributed by atoms with van der Waals surface area (Å²) in [5.74, 6) is 1.14. The molecule has 78 heavy (non-hydrogen) atoms. The summed E-state index contributed by atoms with van der Waals surface area (Å²) in [5, 5.41) is 35.1. The predicted octanol–water partition coefficient (Wildman–Crippen LogP) is 8.51. The van der Waals surface area contributed by atoms with Crippen LogP contribution >= 0.6 is 39.1 Å². The van der Waals surface area contributed by atoms with Crippen LogP contribution in [-0.2, 0) is 19.7 Å². The van der Waals surface area contributed by atoms with E-state index in [-0.39, 0.29) is 32.5 Å². The lowest BCUT2D eigenvalue weighted by Crippen LogP contribution is -2.30. The van der Waals surface area contributed by atoms with Gasteiger partial charge in [-0.3, -0.25) is 9.59 Å². The van der Waals surface area contributed by atoms with Gasteiger partial charge in [-0.25, -0.2) is 36.2 Å². The molecule has 0 atom stereocenters. The maximum absolute atomic E-state index is 13.4. The molecule has 6 aromatic carbocycles. The van der Waals surface area contributed by atoms with Crippen LogP contribution in [0, 0.1) is 27.7 Å². The first-order valence-electron chi connectivity index (χ1n) is 23.4. The summed E-state index contributed by atoms with van der Waals surface area (Å²) < 4.78 is 54.2. The van der Waals surface area contributed by atoms with Gasteiger partial charge >= 0.3 is 7.12 Å². The fourth-order valence-corrected chi connectivity index (χ4v) is 10.1. The Morgan fingerprint density at radius 1 is 0.538 bits per heavy atom. The van der Waals surface area contributed by atoms with Crippen molar-refractivity contribution in [2.24, 2.45) is 0 Å². The molecule has 0 radical (unpaired) electrons. The minimum Gasteiger partial charge on any atom is -0.423 e. The average molecular weight is 1190 g/mol. The Labute approximate surface area is 467 Å². The molecule has 0 amide bonds. The Kier molecular flexibility index (Phi) is 17.0. The third-order valence-electron chi connectivity index (χ3n) is 11.9. The number of ketones is 2. The first kappa shape index (κ1) is 56.5. The second-order valence-electron chi connectivity index (χ2n) is 17.7. The summed E-state index contributed by atoms with van der Waals surface area (Å²) in [4.78, 5) is 35.7. The fourth-order valence-electron chi connectivity index (χ4n) is 8.12. The standard InChI is InChI=1S/C27H22ClN5O3S.C20H15BrClN5O.C7H9BO4S/c1-17-16-32(18(2)30-17)24-12-9-21(20-5-4-6-23(13-20)37(3,35)36)14-25(24)33-26(15-29-31-33)27(34)19-7-10-22(28)11-8-19;1-12-11-26(13(2)24-12)17-8-5-15(21)9-18(17)27-19(10-23-25-27)20(28)14-3-6-16(22)7-4-14;1-13(11,12)7-4-2-3-6(5-7)8(9)10/h4-16H,1-3H3;3-11H,1-2H3;2-5,9-10H,1H3. The number of aromatic nitrogens is 10. The quantitative estimate of drug-likeness (QED) is 0.0861. The van der Waals surface area contributed by atoms with Crippen LogP contribution in [0.15, 0.2) is 173 Å². The lowest BCUT2D eigenvalue weighted by atomic mass is 9.80. The summed E-state index contributed by atoms with van der Waals surface area (Å²) in [6.07, 6.45) is 8.97. The molecule has 2 N–H and O–H groups in total. The lowest BCUT2D eigenvalue weighted by molar-refractivity contribution is 0.102. The van der Waals surface area contributed by atoms with Crippen molar-refractivity contribution in [3.8, 4) is 33.9 Å². The molecule has 18 nitrogen and oxygen atoms in total. The lowest BCUT2D eigenvalue weighted by Gasteiger charge is -2.15. The molecule has 0 fully saturated rings. The summed E-state index contributed by atoms with van der Waals surface area (Å²) >= 11 is 15.4. The van der Waals surface area contributed by atoms with E-state index in [1.165, 1.54) is 47.6 Å². The van der Waals surface area contributed by atoms with E-state index >= 15 is 0 Å². The molecule has 0 spiro atoms. The smallest absolute Gasteiger partial charge is 0.423 e. The van der Waals surface area contributed by atoms with Crippen molar-refractivity contribution in [1.82, 2.24) is 49.1 Å². The zero-order valence-corrected chi connectivity index (χ0v) is 47.1. The van der Waals surface area contributed by atoms with E-state index in [1.807, 2.05) is 91.7 Å². The first-order valence-corrected chi connectivity index (χ1v) is 28.7. The van der Waals surface area contributed by atoms with E-state index < -0.39 is 26.8 Å². The Morgan fingerprint density at radius 2 is 0.974 bits per heavy atom. The van der Waals surface area contributed by atoms with Gasteiger partial charge in [0.25, 0.3) is 0 Å². The van der Waals surface area contributed by atoms with Gasteiger partial charge < -0.3 is 19.2 Å². The largest absolute Gasteiger partial charge is 0.488 e. The van der Waals surface area contributed by atoms with Crippen molar-refractivity contribution in [2.45, 2.75) is 37.5 Å². The van der Waals surface area contributed by atoms with Gasteiger partial charge in [0.05, 0.1) is 56.3 Å². The third kappa shape index (κ3) is 13.0. The van der Waals surface area contributed by atoms with Gasteiger partial charge in [0, 0.05) is 50.6 Å². The molecule has 0 aliphatic heterocycles. The molecular weight excluding hydrogens is 1140 g/mol. The number of imidazole rings is 2. The SMILES string of the molecule is CS(=O)(=O)c1cccc(B(O)O)c1.Cc1cn(-c2ccc(-c3cccc(S(C)(=O)=O)c3)cc2-n2nncc2C(=O)c2ccc(Cl)cc2)c(C)n1.Cc1cn(-c2ccc(Br)cc2-n2nncc2C(=O)c2ccc(Cl)cc2)c(C)n1. The maximum atomic E-state index is 13.4. The first-order chi connectivity index (χ1) is 37.0. The maximum Gasteiger partial charge on any atom is 0.488 e. The van der Waals surface area contributed by atoms with Crippen LogP contribution in [0.3, 0.4) is 0 Å². The third-order valence-corrected chi connectivity index (χ3v) is 15.1. The molecule has 396 valence electrons. The van der Waals surface area contributed by atoms with E-state index in [0.717, 1.165) is 50.7 Å². The van der Waals surface area contributed by atoms with Crippen molar-refractivity contribution in [3.05, 3.63) is 218 Å². The number of aryl methyl sites for hydroxylation is 4. The van der Waals surface area contributed by atoms with Crippen LogP contribution in [0.2, 0.25) is 10.0 Å². The fraction of sp³-hybridized carbons (Fsp3) is 0.111. The summed E-state index contributed by atoms with van der Waals surface area (Å²) in [6, 6.07) is 37.1. The molecule has 4 heterocycles. The number of benzene rings is 6. The molecular formula is C54H46BBrCl2N10O8S2. The molecule has 0 saturated carbocycles. The second kappa shape index (κ2) is 23.5. The van der Waals surface area contributed by atoms with Crippen LogP contribution in [0.5, 0.6) is 0 Å². The van der Waals surface area contributed by atoms with Gasteiger partial charge in [-0.05, 0) is 147 Å². The van der Waals surface area contributed by atoms with Crippen LogP contribution in [-0.4, -0.2) is 107 Å². The van der Waals surface area contributed by atoms with Crippen molar-refractivity contribution in [3.63, 3.8) is 0 Å². The zero-order chi connectivity index (χ0) is 56.2. The Morgan fingerprint density at radius 3 is 1.42 bits per heavy atom. The Bertz CT molecular complexity index is 4110. The van der Waals surface area contributed by atoms with Gasteiger partial charge in [-0.15, -0.1) is 10.2 Å². The van der Waals surface area contributed by atoms with E-state index in [1.54, 1.807) is 71.4 Å². The van der Waals surface area contributed by atoms with Gasteiger partial charge in [0.1, 0.15) is 23.0 Å². The number of carbonyl (C=O) groups is 2. The highest BCUT2D eigenvalue weighted by atomic mass is 79.9. The highest BCUT2D eigenvalue weighted by Crippen LogP contribution is 2.31. The predicted molar refractivity (Wildman–Crippen MR) is 301 cm³/mol. The molecule has 0 aliphatic rings. The van der Waals surface area contributed by atoms with E-state index in [9.17, 15) is 26.4 Å². The minimum atomic E-state index is -3.39. The van der Waals surface area contributed by atoms with E-state index in [0.29, 0.717) is 43.8 Å². The zero-order valence-electron chi connectivity index (χ0n) is 42.4. The number of carbonyl (C=O) groups excluding carboxylic acids is 2. The second-order valence-corrected chi connectivity index (χ2v) is 23.5. The summed E-state index contributed by atoms with van der Waals surface area (Å²) in [5.41, 5.74) is 7.82. The number of halogens is 3. The van der Waals surface area contributed by atoms with Crippen LogP contribution < -0.4 is 5.46 Å². The summed E-state index contributed by atoms with van der Waals surface area (Å²) in [7, 11) is -8.30. The van der Waals surface area contributed by atoms with Gasteiger partial charge in [0.15, 0.2) is 19.7 Å². The molecule has 0 saturated heterocycles. The van der Waals surface area contributed by atoms with Gasteiger partial charge in [-0.2, -0.15) is 0 Å².